The van der Waals surface area contributed by atoms with Crippen LogP contribution < -0.4 is 10.4 Å². The molecule has 84 valence electrons. The first kappa shape index (κ1) is 18.8. The van der Waals surface area contributed by atoms with Crippen molar-refractivity contribution in [3.8, 4) is 0 Å². The summed E-state index contributed by atoms with van der Waals surface area (Å²) in [6.45, 7) is 10.5. The van der Waals surface area contributed by atoms with Gasteiger partial charge in [0.1, 0.15) is 0 Å². The van der Waals surface area contributed by atoms with Crippen molar-refractivity contribution >= 4 is 7.52 Å². The zero-order valence-electron chi connectivity index (χ0n) is 9.72. The van der Waals surface area contributed by atoms with Gasteiger partial charge in [-0.3, -0.25) is 4.57 Å². The fourth-order valence-electron chi connectivity index (χ4n) is 0.388. The molecule has 0 amide bonds. The normalized spacial score (nSPS) is 12.8. The van der Waals surface area contributed by atoms with Crippen LogP contribution in [-0.2, 0) is 4.57 Å². The Kier molecular flexibility index (Phi) is 21.2. The van der Waals surface area contributed by atoms with Gasteiger partial charge in [-0.2, -0.15) is 0 Å². The van der Waals surface area contributed by atoms with Crippen LogP contribution in [0.4, 0.5) is 0 Å². The lowest BCUT2D eigenvalue weighted by molar-refractivity contribution is 0.469. The molecule has 0 radical (unpaired) electrons. The third-order valence-corrected chi connectivity index (χ3v) is 1.59. The Hall–Kier alpha value is 0.110. The average molecular weight is 212 g/mol. The highest BCUT2D eigenvalue weighted by Crippen LogP contribution is 2.27. The summed E-state index contributed by atoms with van der Waals surface area (Å²) >= 11 is 0. The summed E-state index contributed by atoms with van der Waals surface area (Å²) in [5.74, 6) is 0. The summed E-state index contributed by atoms with van der Waals surface area (Å²) < 4.78 is 10.5. The van der Waals surface area contributed by atoms with Gasteiger partial charge < -0.3 is 10.2 Å². The zero-order valence-corrected chi connectivity index (χ0v) is 10.6. The van der Waals surface area contributed by atoms with Crippen molar-refractivity contribution in [1.29, 1.82) is 0 Å². The molecule has 0 aliphatic rings. The fraction of sp³-hybridized carbons (Fsp3) is 1.00. The molecule has 0 aromatic rings. The highest BCUT2D eigenvalue weighted by Gasteiger charge is 2.05. The van der Waals surface area contributed by atoms with Crippen LogP contribution in [0.1, 0.15) is 27.7 Å². The Morgan fingerprint density at radius 2 is 1.54 bits per heavy atom. The highest BCUT2D eigenvalue weighted by atomic mass is 31.2. The Balaban J connectivity index is -0.000000218. The van der Waals surface area contributed by atoms with Gasteiger partial charge in [-0.25, -0.2) is 5.09 Å². The second-order valence-corrected chi connectivity index (χ2v) is 3.97. The van der Waals surface area contributed by atoms with Crippen molar-refractivity contribution in [2.45, 2.75) is 27.7 Å². The largest absolute Gasteiger partial charge is 0.333 e. The van der Waals surface area contributed by atoms with E-state index in [0.717, 1.165) is 0 Å². The minimum absolute atomic E-state index is 0.529. The zero-order chi connectivity index (χ0) is 11.3. The van der Waals surface area contributed by atoms with Crippen molar-refractivity contribution in [2.24, 2.45) is 0 Å². The van der Waals surface area contributed by atoms with Gasteiger partial charge in [-0.05, 0) is 7.05 Å². The molecule has 3 N–H and O–H groups in total. The molecule has 0 fully saturated rings. The maximum absolute atomic E-state index is 10.5. The van der Waals surface area contributed by atoms with Crippen LogP contribution in [-0.4, -0.2) is 31.7 Å². The quantitative estimate of drug-likeness (QED) is 0.490. The molecule has 0 aromatic carbocycles. The van der Waals surface area contributed by atoms with Crippen LogP contribution >= 0.6 is 7.52 Å². The Morgan fingerprint density at radius 1 is 1.15 bits per heavy atom. The molecule has 13 heavy (non-hydrogen) atoms. The van der Waals surface area contributed by atoms with E-state index >= 15 is 0 Å². The third-order valence-electron chi connectivity index (χ3n) is 0.780. The Morgan fingerprint density at radius 3 is 1.77 bits per heavy atom. The summed E-state index contributed by atoms with van der Waals surface area (Å²) in [6, 6.07) is 0. The number of hydrogen-bond acceptors (Lipinski definition) is 2. The Labute approximate surface area is 82.6 Å². The smallest absolute Gasteiger partial charge is 0.264 e. The molecule has 0 aromatic heterocycles. The molecule has 5 heteroatoms. The molecule has 4 nitrogen and oxygen atoms in total. The Bertz CT molecular complexity index is 115. The van der Waals surface area contributed by atoms with Gasteiger partial charge >= 0.3 is 0 Å². The van der Waals surface area contributed by atoms with Gasteiger partial charge in [0.2, 0.25) is 0 Å². The number of nitrogens with one attached hydrogen (secondary N) is 2. The van der Waals surface area contributed by atoms with Crippen molar-refractivity contribution in [3.05, 3.63) is 0 Å². The summed E-state index contributed by atoms with van der Waals surface area (Å²) in [6.07, 6.45) is 0. The lowest BCUT2D eigenvalue weighted by Crippen LogP contribution is -2.22. The predicted molar refractivity (Wildman–Crippen MR) is 60.4 cm³/mol. The van der Waals surface area contributed by atoms with Gasteiger partial charge in [-0.1, -0.05) is 27.7 Å². The van der Waals surface area contributed by atoms with E-state index in [2.05, 4.69) is 10.4 Å². The van der Waals surface area contributed by atoms with Gasteiger partial charge in [0.05, 0.1) is 0 Å². The maximum atomic E-state index is 10.5. The predicted octanol–water partition coefficient (Wildman–Crippen LogP) is 1.66. The SMILES string of the molecule is CC.CC.CNCCNP(C)(=O)O. The van der Waals surface area contributed by atoms with Crippen LogP contribution in [0.3, 0.4) is 0 Å². The summed E-state index contributed by atoms with van der Waals surface area (Å²) in [5.41, 5.74) is 0. The van der Waals surface area contributed by atoms with Gasteiger partial charge in [0.15, 0.2) is 0 Å². The maximum Gasteiger partial charge on any atom is 0.264 e. The van der Waals surface area contributed by atoms with E-state index in [9.17, 15) is 4.57 Å². The molecular weight excluding hydrogens is 187 g/mol. The first-order valence-corrected chi connectivity index (χ1v) is 6.87. The van der Waals surface area contributed by atoms with E-state index in [1.54, 1.807) is 7.05 Å². The van der Waals surface area contributed by atoms with Crippen molar-refractivity contribution in [2.75, 3.05) is 26.8 Å². The molecule has 0 aliphatic carbocycles. The summed E-state index contributed by atoms with van der Waals surface area (Å²) in [7, 11) is -1.19. The lowest BCUT2D eigenvalue weighted by atomic mass is 10.7. The second-order valence-electron chi connectivity index (χ2n) is 1.89. The molecule has 0 heterocycles. The molecule has 1 atom stereocenters. The van der Waals surface area contributed by atoms with Crippen LogP contribution in [0.5, 0.6) is 0 Å². The van der Waals surface area contributed by atoms with Crippen LogP contribution in [0.25, 0.3) is 0 Å². The minimum atomic E-state index is -2.99. The average Bonchev–Trinajstić information content (AvgIpc) is 2.10. The first-order chi connectivity index (χ1) is 6.06. The van der Waals surface area contributed by atoms with Crippen molar-refractivity contribution < 1.29 is 9.46 Å². The van der Waals surface area contributed by atoms with E-state index in [1.165, 1.54) is 6.66 Å². The molecule has 0 rings (SSSR count). The second kappa shape index (κ2) is 14.6. The monoisotopic (exact) mass is 212 g/mol. The van der Waals surface area contributed by atoms with Crippen molar-refractivity contribution in [3.63, 3.8) is 0 Å². The van der Waals surface area contributed by atoms with E-state index in [0.29, 0.717) is 13.1 Å². The number of rotatable bonds is 4. The third kappa shape index (κ3) is 33.2. The molecule has 0 saturated carbocycles. The molecule has 0 bridgehead atoms. The fourth-order valence-corrected chi connectivity index (χ4v) is 0.915. The van der Waals surface area contributed by atoms with E-state index in [4.69, 9.17) is 4.89 Å². The van der Waals surface area contributed by atoms with Gasteiger partial charge in [-0.15, -0.1) is 0 Å². The van der Waals surface area contributed by atoms with Crippen LogP contribution in [0, 0.1) is 0 Å². The van der Waals surface area contributed by atoms with Crippen LogP contribution in [0.2, 0.25) is 0 Å². The van der Waals surface area contributed by atoms with Crippen LogP contribution in [0.15, 0.2) is 0 Å². The highest BCUT2D eigenvalue weighted by molar-refractivity contribution is 7.54. The minimum Gasteiger partial charge on any atom is -0.333 e. The summed E-state index contributed by atoms with van der Waals surface area (Å²) in [4.78, 5) is 8.66. The van der Waals surface area contributed by atoms with E-state index in [1.807, 2.05) is 27.7 Å². The summed E-state index contributed by atoms with van der Waals surface area (Å²) in [5, 5.41) is 5.32. The molecule has 0 spiro atoms. The van der Waals surface area contributed by atoms with Crippen molar-refractivity contribution in [1.82, 2.24) is 10.4 Å². The van der Waals surface area contributed by atoms with E-state index < -0.39 is 7.52 Å². The number of likely N-dealkylation sites (N-methyl/N-ethyl adjacent to an activating group) is 1. The molecule has 0 aliphatic heterocycles. The lowest BCUT2D eigenvalue weighted by Gasteiger charge is -2.05. The topological polar surface area (TPSA) is 61.4 Å². The molecule has 1 unspecified atom stereocenters. The van der Waals surface area contributed by atoms with Gasteiger partial charge in [0, 0.05) is 19.8 Å². The van der Waals surface area contributed by atoms with E-state index in [-0.39, 0.29) is 0 Å². The number of hydrogen-bond donors (Lipinski definition) is 3. The first-order valence-electron chi connectivity index (χ1n) is 4.76. The van der Waals surface area contributed by atoms with Gasteiger partial charge in [0.25, 0.3) is 7.52 Å². The molecular formula is C8H25N2O2P. The standard InChI is InChI=1S/C4H13N2O2P.2C2H6/c1-5-3-4-6-9(2,7)8;2*1-2/h5H,3-4H2,1-2H3,(H2,6,7,8);2*1-2H3. The molecule has 0 saturated heterocycles.